The predicted octanol–water partition coefficient (Wildman–Crippen LogP) is 0.340. The molecule has 1 aromatic carbocycles. The van der Waals surface area contributed by atoms with Crippen LogP contribution in [-0.4, -0.2) is 27.8 Å². The van der Waals surface area contributed by atoms with Gasteiger partial charge in [-0.1, -0.05) is 6.07 Å². The molecule has 0 unspecified atom stereocenters. The van der Waals surface area contributed by atoms with Gasteiger partial charge >= 0.3 is 12.4 Å². The number of aliphatic hydroxyl groups excluding tert-OH is 1. The van der Waals surface area contributed by atoms with Crippen molar-refractivity contribution in [1.82, 2.24) is 0 Å². The minimum atomic E-state index is -1.95. The Morgan fingerprint density at radius 3 is 2.57 bits per heavy atom. The Kier molecular flexibility index (Phi) is 3.06. The van der Waals surface area contributed by atoms with Gasteiger partial charge in [-0.05, 0) is 24.6 Å². The minimum absolute atomic E-state index is 0.0336. The fourth-order valence-corrected chi connectivity index (χ4v) is 0.974. The first-order valence-corrected chi connectivity index (χ1v) is 3.87. The number of benzene rings is 1. The standard InChI is InChI=1S/C9H10O5/c1-5-2-3-6(8(10)11)4-7(5)14-9(12)13/h2-4,9,12-13H,1H3,(H,10,11). The van der Waals surface area contributed by atoms with Crippen LogP contribution in [0.2, 0.25) is 0 Å². The van der Waals surface area contributed by atoms with Gasteiger partial charge in [0.2, 0.25) is 0 Å². The van der Waals surface area contributed by atoms with Crippen molar-refractivity contribution in [3.05, 3.63) is 29.3 Å². The number of hydrogen-bond donors (Lipinski definition) is 3. The topological polar surface area (TPSA) is 87.0 Å². The lowest BCUT2D eigenvalue weighted by Crippen LogP contribution is -2.14. The molecule has 0 atom stereocenters. The molecule has 3 N–H and O–H groups in total. The quantitative estimate of drug-likeness (QED) is 0.609. The Bertz CT molecular complexity index is 345. The third-order valence-corrected chi connectivity index (χ3v) is 1.67. The van der Waals surface area contributed by atoms with E-state index in [1.165, 1.54) is 18.2 Å². The van der Waals surface area contributed by atoms with E-state index in [1.807, 2.05) is 0 Å². The van der Waals surface area contributed by atoms with Crippen molar-refractivity contribution in [2.24, 2.45) is 0 Å². The third-order valence-electron chi connectivity index (χ3n) is 1.67. The van der Waals surface area contributed by atoms with E-state index in [0.29, 0.717) is 5.56 Å². The lowest BCUT2D eigenvalue weighted by Gasteiger charge is -2.10. The molecule has 1 aromatic rings. The second-order valence-corrected chi connectivity index (χ2v) is 2.73. The van der Waals surface area contributed by atoms with Crippen LogP contribution in [-0.2, 0) is 0 Å². The maximum absolute atomic E-state index is 10.6. The van der Waals surface area contributed by atoms with E-state index in [1.54, 1.807) is 6.92 Å². The summed E-state index contributed by atoms with van der Waals surface area (Å²) >= 11 is 0. The van der Waals surface area contributed by atoms with Gasteiger partial charge < -0.3 is 20.1 Å². The van der Waals surface area contributed by atoms with Crippen LogP contribution in [0.3, 0.4) is 0 Å². The number of carboxylic acid groups (broad SMARTS) is 1. The largest absolute Gasteiger partial charge is 0.478 e. The van der Waals surface area contributed by atoms with Gasteiger partial charge in [-0.25, -0.2) is 4.79 Å². The molecular weight excluding hydrogens is 188 g/mol. The molecule has 14 heavy (non-hydrogen) atoms. The van der Waals surface area contributed by atoms with Crippen LogP contribution in [0.4, 0.5) is 0 Å². The van der Waals surface area contributed by atoms with E-state index < -0.39 is 12.4 Å². The third kappa shape index (κ3) is 2.45. The van der Waals surface area contributed by atoms with Gasteiger partial charge in [-0.15, -0.1) is 0 Å². The highest BCUT2D eigenvalue weighted by molar-refractivity contribution is 5.88. The number of aromatic carboxylic acids is 1. The molecule has 0 fully saturated rings. The normalized spacial score (nSPS) is 10.3. The lowest BCUT2D eigenvalue weighted by molar-refractivity contribution is -0.179. The summed E-state index contributed by atoms with van der Waals surface area (Å²) < 4.78 is 4.58. The van der Waals surface area contributed by atoms with E-state index in [-0.39, 0.29) is 11.3 Å². The number of ether oxygens (including phenoxy) is 1. The molecule has 76 valence electrons. The zero-order valence-corrected chi connectivity index (χ0v) is 7.47. The summed E-state index contributed by atoms with van der Waals surface area (Å²) in [4.78, 5) is 10.6. The summed E-state index contributed by atoms with van der Waals surface area (Å²) in [7, 11) is 0. The van der Waals surface area contributed by atoms with Crippen LogP contribution in [0, 0.1) is 6.92 Å². The van der Waals surface area contributed by atoms with Crippen molar-refractivity contribution in [1.29, 1.82) is 0 Å². The van der Waals surface area contributed by atoms with Gasteiger partial charge in [0.1, 0.15) is 5.75 Å². The SMILES string of the molecule is Cc1ccc(C(=O)O)cc1OC(O)O. The summed E-state index contributed by atoms with van der Waals surface area (Å²) in [5.41, 5.74) is 0.661. The minimum Gasteiger partial charge on any atom is -0.478 e. The van der Waals surface area contributed by atoms with E-state index in [0.717, 1.165) is 0 Å². The van der Waals surface area contributed by atoms with Crippen molar-refractivity contribution in [3.63, 3.8) is 0 Å². The highest BCUT2D eigenvalue weighted by atomic mass is 16.7. The van der Waals surface area contributed by atoms with Crippen LogP contribution >= 0.6 is 0 Å². The van der Waals surface area contributed by atoms with Crippen LogP contribution in [0.15, 0.2) is 18.2 Å². The Morgan fingerprint density at radius 2 is 2.07 bits per heavy atom. The molecule has 5 nitrogen and oxygen atoms in total. The molecule has 0 bridgehead atoms. The number of carboxylic acids is 1. The highest BCUT2D eigenvalue weighted by Crippen LogP contribution is 2.20. The summed E-state index contributed by atoms with van der Waals surface area (Å²) in [6, 6.07) is 4.17. The average Bonchev–Trinajstić information content (AvgIpc) is 2.07. The monoisotopic (exact) mass is 198 g/mol. The van der Waals surface area contributed by atoms with E-state index in [9.17, 15) is 4.79 Å². The van der Waals surface area contributed by atoms with Gasteiger partial charge in [0.15, 0.2) is 0 Å². The van der Waals surface area contributed by atoms with Gasteiger partial charge in [-0.3, -0.25) is 0 Å². The summed E-state index contributed by atoms with van der Waals surface area (Å²) in [6.45, 7) is -0.277. The number of hydrogen-bond acceptors (Lipinski definition) is 4. The van der Waals surface area contributed by atoms with E-state index in [4.69, 9.17) is 15.3 Å². The first-order chi connectivity index (χ1) is 6.50. The first kappa shape index (κ1) is 10.5. The van der Waals surface area contributed by atoms with Crippen LogP contribution in [0.1, 0.15) is 15.9 Å². The molecule has 0 aromatic heterocycles. The van der Waals surface area contributed by atoms with E-state index in [2.05, 4.69) is 4.74 Å². The summed E-state index contributed by atoms with van der Waals surface area (Å²) in [5, 5.41) is 25.7. The molecule has 0 aliphatic rings. The lowest BCUT2D eigenvalue weighted by atomic mass is 10.1. The molecular formula is C9H10O5. The smallest absolute Gasteiger partial charge is 0.335 e. The molecule has 0 saturated heterocycles. The molecule has 5 heteroatoms. The zero-order chi connectivity index (χ0) is 10.7. The van der Waals surface area contributed by atoms with Gasteiger partial charge in [-0.2, -0.15) is 0 Å². The number of aryl methyl sites for hydroxylation is 1. The molecule has 1 rings (SSSR count). The van der Waals surface area contributed by atoms with Crippen LogP contribution in [0.5, 0.6) is 5.75 Å². The fourth-order valence-electron chi connectivity index (χ4n) is 0.974. The maximum Gasteiger partial charge on any atom is 0.335 e. The van der Waals surface area contributed by atoms with Gasteiger partial charge in [0.25, 0.3) is 0 Å². The van der Waals surface area contributed by atoms with Crippen LogP contribution < -0.4 is 4.74 Å². The van der Waals surface area contributed by atoms with Crippen molar-refractivity contribution in [2.45, 2.75) is 13.4 Å². The van der Waals surface area contributed by atoms with E-state index >= 15 is 0 Å². The van der Waals surface area contributed by atoms with Crippen molar-refractivity contribution in [2.75, 3.05) is 0 Å². The van der Waals surface area contributed by atoms with Crippen molar-refractivity contribution < 1.29 is 24.9 Å². The average molecular weight is 198 g/mol. The maximum atomic E-state index is 10.6. The highest BCUT2D eigenvalue weighted by Gasteiger charge is 2.08. The van der Waals surface area contributed by atoms with Gasteiger partial charge in [0.05, 0.1) is 5.56 Å². The molecule has 0 radical (unpaired) electrons. The molecule has 0 amide bonds. The Morgan fingerprint density at radius 1 is 1.43 bits per heavy atom. The Labute approximate surface area is 80.2 Å². The second kappa shape index (κ2) is 4.08. The Balaban J connectivity index is 3.02. The molecule has 0 saturated carbocycles. The number of rotatable bonds is 3. The van der Waals surface area contributed by atoms with Crippen molar-refractivity contribution in [3.8, 4) is 5.75 Å². The van der Waals surface area contributed by atoms with Gasteiger partial charge in [0, 0.05) is 0 Å². The number of carbonyl (C=O) groups is 1. The molecule has 0 heterocycles. The molecule has 0 spiro atoms. The Hall–Kier alpha value is -1.59. The summed E-state index contributed by atoms with van der Waals surface area (Å²) in [6.07, 6.45) is 0. The predicted molar refractivity (Wildman–Crippen MR) is 47.0 cm³/mol. The first-order valence-electron chi connectivity index (χ1n) is 3.87. The fraction of sp³-hybridized carbons (Fsp3) is 0.222. The van der Waals surface area contributed by atoms with Crippen molar-refractivity contribution >= 4 is 5.97 Å². The van der Waals surface area contributed by atoms with Crippen LogP contribution in [0.25, 0.3) is 0 Å². The molecule has 0 aliphatic heterocycles. The molecule has 0 aliphatic carbocycles. The summed E-state index contributed by atoms with van der Waals surface area (Å²) in [5.74, 6) is -0.956. The second-order valence-electron chi connectivity index (χ2n) is 2.73. The number of aliphatic hydroxyl groups is 2. The zero-order valence-electron chi connectivity index (χ0n) is 7.47.